The van der Waals surface area contributed by atoms with Gasteiger partial charge in [-0.15, -0.1) is 11.3 Å². The van der Waals surface area contributed by atoms with Crippen LogP contribution in [0.25, 0.3) is 0 Å². The molecule has 0 spiro atoms. The first-order chi connectivity index (χ1) is 6.86. The molecule has 2 N–H and O–H groups in total. The third-order valence-electron chi connectivity index (χ3n) is 2.00. The molecule has 1 heterocycles. The van der Waals surface area contributed by atoms with Gasteiger partial charge in [-0.25, -0.2) is 4.98 Å². The molecule has 0 aliphatic carbocycles. The van der Waals surface area contributed by atoms with Crippen molar-refractivity contribution in [2.24, 2.45) is 5.41 Å². The van der Waals surface area contributed by atoms with E-state index in [0.717, 1.165) is 0 Å². The van der Waals surface area contributed by atoms with Crippen LogP contribution in [0.3, 0.4) is 0 Å². The number of aliphatic carboxylic acids is 2. The molecule has 5 nitrogen and oxygen atoms in total. The summed E-state index contributed by atoms with van der Waals surface area (Å²) in [6.45, 7) is 1.19. The summed E-state index contributed by atoms with van der Waals surface area (Å²) in [5.41, 5.74) is -1.80. The molecule has 0 fully saturated rings. The minimum Gasteiger partial charge on any atom is -0.480 e. The molecule has 0 unspecified atom stereocenters. The number of hydrogen-bond donors (Lipinski definition) is 2. The first-order valence-electron chi connectivity index (χ1n) is 3.93. The molecule has 0 bridgehead atoms. The van der Waals surface area contributed by atoms with Crippen molar-refractivity contribution in [2.75, 3.05) is 0 Å². The monoisotopic (exact) mass is 293 g/mol. The Hall–Kier alpha value is -0.950. The van der Waals surface area contributed by atoms with Gasteiger partial charge in [-0.2, -0.15) is 0 Å². The topological polar surface area (TPSA) is 87.5 Å². The molecule has 0 atom stereocenters. The first-order valence-corrected chi connectivity index (χ1v) is 5.54. The van der Waals surface area contributed by atoms with E-state index in [-0.39, 0.29) is 6.42 Å². The molecule has 0 radical (unpaired) electrons. The summed E-state index contributed by atoms with van der Waals surface area (Å²) in [6.07, 6.45) is 1.40. The van der Waals surface area contributed by atoms with Crippen molar-refractivity contribution in [1.82, 2.24) is 4.98 Å². The Labute approximate surface area is 97.9 Å². The Morgan fingerprint density at radius 3 is 2.40 bits per heavy atom. The van der Waals surface area contributed by atoms with Crippen molar-refractivity contribution >= 4 is 39.2 Å². The highest BCUT2D eigenvalue weighted by Gasteiger charge is 2.42. The summed E-state index contributed by atoms with van der Waals surface area (Å²) in [4.78, 5) is 26.2. The lowest BCUT2D eigenvalue weighted by atomic mass is 9.87. The van der Waals surface area contributed by atoms with E-state index in [0.29, 0.717) is 8.79 Å². The van der Waals surface area contributed by atoms with Gasteiger partial charge in [0.15, 0.2) is 9.33 Å². The highest BCUT2D eigenvalue weighted by Crippen LogP contribution is 2.28. The van der Waals surface area contributed by atoms with Crippen molar-refractivity contribution in [3.63, 3.8) is 0 Å². The Kier molecular flexibility index (Phi) is 3.46. The lowest BCUT2D eigenvalue weighted by Crippen LogP contribution is -2.38. The molecule has 0 aliphatic rings. The van der Waals surface area contributed by atoms with Crippen LogP contribution in [0.5, 0.6) is 0 Å². The predicted octanol–water partition coefficient (Wildman–Crippen LogP) is 1.62. The fraction of sp³-hybridized carbons (Fsp3) is 0.375. The van der Waals surface area contributed by atoms with Crippen molar-refractivity contribution in [1.29, 1.82) is 0 Å². The van der Waals surface area contributed by atoms with E-state index in [1.807, 2.05) is 0 Å². The summed E-state index contributed by atoms with van der Waals surface area (Å²) in [5, 5.41) is 17.7. The fourth-order valence-corrected chi connectivity index (χ4v) is 2.47. The van der Waals surface area contributed by atoms with Crippen LogP contribution in [0.1, 0.15) is 11.8 Å². The third kappa shape index (κ3) is 2.54. The van der Waals surface area contributed by atoms with Crippen LogP contribution in [0, 0.1) is 5.41 Å². The number of rotatable bonds is 4. The van der Waals surface area contributed by atoms with Gasteiger partial charge in [0.05, 0.1) is 0 Å². The zero-order valence-corrected chi connectivity index (χ0v) is 10.1. The Morgan fingerprint density at radius 2 is 2.07 bits per heavy atom. The number of hydrogen-bond acceptors (Lipinski definition) is 4. The van der Waals surface area contributed by atoms with E-state index >= 15 is 0 Å². The van der Waals surface area contributed by atoms with Gasteiger partial charge in [0.2, 0.25) is 0 Å². The number of carbonyl (C=O) groups is 2. The minimum atomic E-state index is -1.80. The quantitative estimate of drug-likeness (QED) is 0.824. The van der Waals surface area contributed by atoms with Gasteiger partial charge in [-0.3, -0.25) is 9.59 Å². The van der Waals surface area contributed by atoms with Crippen molar-refractivity contribution < 1.29 is 19.8 Å². The van der Waals surface area contributed by atoms with Crippen LogP contribution >= 0.6 is 27.3 Å². The van der Waals surface area contributed by atoms with E-state index < -0.39 is 17.4 Å². The zero-order chi connectivity index (χ0) is 11.6. The summed E-state index contributed by atoms with van der Waals surface area (Å²) in [5.74, 6) is -2.70. The molecule has 1 aromatic heterocycles. The van der Waals surface area contributed by atoms with Crippen LogP contribution in [0.4, 0.5) is 0 Å². The van der Waals surface area contributed by atoms with Gasteiger partial charge >= 0.3 is 11.9 Å². The first kappa shape index (κ1) is 12.1. The van der Waals surface area contributed by atoms with Gasteiger partial charge in [-0.05, 0) is 22.9 Å². The van der Waals surface area contributed by atoms with Crippen LogP contribution in [-0.4, -0.2) is 27.1 Å². The van der Waals surface area contributed by atoms with Crippen LogP contribution in [0.2, 0.25) is 0 Å². The molecule has 0 aromatic carbocycles. The molecule has 82 valence electrons. The maximum Gasteiger partial charge on any atom is 0.321 e. The average Bonchev–Trinajstić information content (AvgIpc) is 2.50. The molecular formula is C8H8BrNO4S. The van der Waals surface area contributed by atoms with E-state index in [4.69, 9.17) is 10.2 Å². The standard InChI is InChI=1S/C8H8BrNO4S/c1-8(5(11)12,6(13)14)2-4-3-10-7(9)15-4/h3H,2H2,1H3,(H,11,12)(H,13,14). The highest BCUT2D eigenvalue weighted by molar-refractivity contribution is 9.11. The maximum atomic E-state index is 10.9. The largest absolute Gasteiger partial charge is 0.480 e. The summed E-state index contributed by atoms with van der Waals surface area (Å²) in [6, 6.07) is 0. The van der Waals surface area contributed by atoms with Gasteiger partial charge in [-0.1, -0.05) is 0 Å². The second kappa shape index (κ2) is 4.28. The Bertz CT molecular complexity index is 389. The molecule has 0 aliphatic heterocycles. The van der Waals surface area contributed by atoms with Crippen LogP contribution in [-0.2, 0) is 16.0 Å². The van der Waals surface area contributed by atoms with E-state index in [9.17, 15) is 9.59 Å². The normalized spacial score (nSPS) is 11.3. The number of carboxylic acid groups (broad SMARTS) is 2. The molecular weight excluding hydrogens is 286 g/mol. The van der Waals surface area contributed by atoms with E-state index in [2.05, 4.69) is 20.9 Å². The SMILES string of the molecule is CC(Cc1cnc(Br)s1)(C(=O)O)C(=O)O. The molecule has 0 saturated heterocycles. The second-order valence-electron chi connectivity index (χ2n) is 3.20. The lowest BCUT2D eigenvalue weighted by molar-refractivity contribution is -0.163. The molecule has 15 heavy (non-hydrogen) atoms. The van der Waals surface area contributed by atoms with Crippen molar-refractivity contribution in [3.8, 4) is 0 Å². The molecule has 1 aromatic rings. The number of nitrogens with zero attached hydrogens (tertiary/aromatic N) is 1. The predicted molar refractivity (Wildman–Crippen MR) is 56.9 cm³/mol. The summed E-state index contributed by atoms with van der Waals surface area (Å²) in [7, 11) is 0. The molecule has 0 saturated carbocycles. The smallest absolute Gasteiger partial charge is 0.321 e. The van der Waals surface area contributed by atoms with Crippen LogP contribution < -0.4 is 0 Å². The van der Waals surface area contributed by atoms with Gasteiger partial charge in [0.25, 0.3) is 0 Å². The van der Waals surface area contributed by atoms with Gasteiger partial charge in [0, 0.05) is 17.5 Å². The van der Waals surface area contributed by atoms with E-state index in [1.54, 1.807) is 0 Å². The van der Waals surface area contributed by atoms with Crippen molar-refractivity contribution in [2.45, 2.75) is 13.3 Å². The Balaban J connectivity index is 2.94. The number of aromatic nitrogens is 1. The van der Waals surface area contributed by atoms with Crippen LogP contribution in [0.15, 0.2) is 10.1 Å². The van der Waals surface area contributed by atoms with Crippen molar-refractivity contribution in [3.05, 3.63) is 15.0 Å². The zero-order valence-electron chi connectivity index (χ0n) is 7.73. The lowest BCUT2D eigenvalue weighted by Gasteiger charge is -2.17. The minimum absolute atomic E-state index is 0.0685. The number of halogens is 1. The van der Waals surface area contributed by atoms with E-state index in [1.165, 1.54) is 24.5 Å². The third-order valence-corrected chi connectivity index (χ3v) is 3.47. The molecule has 7 heteroatoms. The fourth-order valence-electron chi connectivity index (χ4n) is 0.957. The average molecular weight is 294 g/mol. The highest BCUT2D eigenvalue weighted by atomic mass is 79.9. The summed E-state index contributed by atoms with van der Waals surface area (Å²) >= 11 is 4.35. The molecule has 1 rings (SSSR count). The van der Waals surface area contributed by atoms with Gasteiger partial charge < -0.3 is 10.2 Å². The second-order valence-corrected chi connectivity index (χ2v) is 5.59. The number of thiazole rings is 1. The Morgan fingerprint density at radius 1 is 1.53 bits per heavy atom. The van der Waals surface area contributed by atoms with Gasteiger partial charge in [0.1, 0.15) is 0 Å². The maximum absolute atomic E-state index is 10.9. The summed E-state index contributed by atoms with van der Waals surface area (Å²) < 4.78 is 0.607. The molecule has 0 amide bonds. The number of carboxylic acids is 2.